The molecule has 3 aromatic rings. The molecule has 0 fully saturated rings. The number of halogens is 1. The molecule has 1 heterocycles. The van der Waals surface area contributed by atoms with Crippen LogP contribution in [0.25, 0.3) is 6.08 Å². The lowest BCUT2D eigenvalue weighted by atomic mass is 10.1. The maximum absolute atomic E-state index is 13.3. The molecule has 1 aliphatic heterocycles. The zero-order valence-electron chi connectivity index (χ0n) is 15.7. The van der Waals surface area contributed by atoms with E-state index in [1.807, 2.05) is 92.7 Å². The van der Waals surface area contributed by atoms with Gasteiger partial charge in [0, 0.05) is 10.0 Å². The fourth-order valence-electron chi connectivity index (χ4n) is 3.09. The van der Waals surface area contributed by atoms with E-state index in [4.69, 9.17) is 4.99 Å². The summed E-state index contributed by atoms with van der Waals surface area (Å²) in [6.45, 7) is 4.07. The van der Waals surface area contributed by atoms with Gasteiger partial charge in [-0.25, -0.2) is 4.99 Å². The SMILES string of the molecule is Cc1ccc(/C=C2/N=C(c3ccccc3Br)N(c3ccc(C)cc3)C2=O)cc1. The van der Waals surface area contributed by atoms with Gasteiger partial charge in [0.1, 0.15) is 11.5 Å². The summed E-state index contributed by atoms with van der Waals surface area (Å²) in [5.74, 6) is 0.495. The van der Waals surface area contributed by atoms with Crippen molar-refractivity contribution in [2.24, 2.45) is 4.99 Å². The van der Waals surface area contributed by atoms with Gasteiger partial charge >= 0.3 is 0 Å². The molecule has 0 bridgehead atoms. The molecule has 0 N–H and O–H groups in total. The monoisotopic (exact) mass is 430 g/mol. The van der Waals surface area contributed by atoms with Gasteiger partial charge in [0.05, 0.1) is 5.69 Å². The highest BCUT2D eigenvalue weighted by atomic mass is 79.9. The summed E-state index contributed by atoms with van der Waals surface area (Å²) in [7, 11) is 0. The van der Waals surface area contributed by atoms with Gasteiger partial charge in [-0.05, 0) is 43.7 Å². The predicted molar refractivity (Wildman–Crippen MR) is 119 cm³/mol. The molecule has 0 aliphatic carbocycles. The van der Waals surface area contributed by atoms with Crippen molar-refractivity contribution in [2.75, 3.05) is 4.90 Å². The highest BCUT2D eigenvalue weighted by Crippen LogP contribution is 2.30. The Bertz CT molecular complexity index is 1100. The number of amidine groups is 1. The Balaban J connectivity index is 1.84. The molecule has 0 saturated carbocycles. The van der Waals surface area contributed by atoms with Crippen LogP contribution in [-0.2, 0) is 4.79 Å². The summed E-state index contributed by atoms with van der Waals surface area (Å²) in [4.78, 5) is 19.7. The van der Waals surface area contributed by atoms with Crippen molar-refractivity contribution in [1.82, 2.24) is 0 Å². The molecule has 1 amide bonds. The van der Waals surface area contributed by atoms with E-state index in [1.165, 1.54) is 5.56 Å². The summed E-state index contributed by atoms with van der Waals surface area (Å²) in [6, 6.07) is 23.8. The van der Waals surface area contributed by atoms with Crippen LogP contribution in [0.2, 0.25) is 0 Å². The van der Waals surface area contributed by atoms with E-state index in [1.54, 1.807) is 4.90 Å². The third-order valence-electron chi connectivity index (χ3n) is 4.65. The van der Waals surface area contributed by atoms with Crippen LogP contribution in [0.15, 0.2) is 88.0 Å². The Kier molecular flexibility index (Phi) is 4.97. The van der Waals surface area contributed by atoms with Gasteiger partial charge < -0.3 is 0 Å². The van der Waals surface area contributed by atoms with E-state index in [9.17, 15) is 4.79 Å². The standard InChI is InChI=1S/C24H19BrN2O/c1-16-7-11-18(12-8-16)15-22-24(28)27(19-13-9-17(2)10-14-19)23(26-22)20-5-3-4-6-21(20)25/h3-15H,1-2H3/b22-15+. The number of rotatable bonds is 3. The molecule has 4 heteroatoms. The van der Waals surface area contributed by atoms with Crippen molar-refractivity contribution >= 4 is 39.4 Å². The number of aryl methyl sites for hydroxylation is 2. The molecule has 0 atom stereocenters. The molecule has 0 spiro atoms. The van der Waals surface area contributed by atoms with Crippen molar-refractivity contribution in [3.63, 3.8) is 0 Å². The maximum Gasteiger partial charge on any atom is 0.282 e. The molecule has 0 saturated heterocycles. The molecule has 0 radical (unpaired) electrons. The second-order valence-corrected chi connectivity index (χ2v) is 7.69. The van der Waals surface area contributed by atoms with Crippen molar-refractivity contribution in [1.29, 1.82) is 0 Å². The fraction of sp³-hybridized carbons (Fsp3) is 0.0833. The summed E-state index contributed by atoms with van der Waals surface area (Å²) in [6.07, 6.45) is 1.84. The lowest BCUT2D eigenvalue weighted by molar-refractivity contribution is -0.113. The largest absolute Gasteiger partial charge is 0.282 e. The second kappa shape index (κ2) is 7.56. The molecule has 138 valence electrons. The second-order valence-electron chi connectivity index (χ2n) is 6.83. The maximum atomic E-state index is 13.3. The van der Waals surface area contributed by atoms with E-state index in [2.05, 4.69) is 15.9 Å². The molecule has 28 heavy (non-hydrogen) atoms. The number of nitrogens with zero attached hydrogens (tertiary/aromatic N) is 2. The Labute approximate surface area is 173 Å². The van der Waals surface area contributed by atoms with Crippen LogP contribution in [0.5, 0.6) is 0 Å². The van der Waals surface area contributed by atoms with Crippen molar-refractivity contribution < 1.29 is 4.79 Å². The van der Waals surface area contributed by atoms with E-state index in [0.717, 1.165) is 26.9 Å². The molecule has 3 aromatic carbocycles. The van der Waals surface area contributed by atoms with Crippen molar-refractivity contribution in [2.45, 2.75) is 13.8 Å². The van der Waals surface area contributed by atoms with Crippen molar-refractivity contribution in [3.05, 3.63) is 105 Å². The van der Waals surface area contributed by atoms with Gasteiger partial charge in [-0.3, -0.25) is 9.69 Å². The van der Waals surface area contributed by atoms with Crippen LogP contribution in [0.1, 0.15) is 22.3 Å². The number of carbonyl (C=O) groups is 1. The molecule has 3 nitrogen and oxygen atoms in total. The number of amides is 1. The summed E-state index contributed by atoms with van der Waals surface area (Å²) in [5, 5.41) is 0. The van der Waals surface area contributed by atoms with Crippen molar-refractivity contribution in [3.8, 4) is 0 Å². The van der Waals surface area contributed by atoms with Gasteiger partial charge in [-0.1, -0.05) is 81.7 Å². The molecule has 1 aliphatic rings. The normalized spacial score (nSPS) is 15.2. The van der Waals surface area contributed by atoms with Gasteiger partial charge in [-0.2, -0.15) is 0 Å². The number of anilines is 1. The molecule has 4 rings (SSSR count). The lowest BCUT2D eigenvalue weighted by Gasteiger charge is -2.19. The lowest BCUT2D eigenvalue weighted by Crippen LogP contribution is -2.32. The highest BCUT2D eigenvalue weighted by Gasteiger charge is 2.33. The minimum absolute atomic E-state index is 0.129. The van der Waals surface area contributed by atoms with E-state index in [0.29, 0.717) is 11.5 Å². The molecular formula is C24H19BrN2O. The van der Waals surface area contributed by atoms with Gasteiger partial charge in [-0.15, -0.1) is 0 Å². The molecule has 0 unspecified atom stereocenters. The smallest absolute Gasteiger partial charge is 0.266 e. The van der Waals surface area contributed by atoms with Crippen LogP contribution in [0, 0.1) is 13.8 Å². The third-order valence-corrected chi connectivity index (χ3v) is 5.34. The van der Waals surface area contributed by atoms with Gasteiger partial charge in [0.2, 0.25) is 0 Å². The summed E-state index contributed by atoms with van der Waals surface area (Å²) < 4.78 is 0.898. The quantitative estimate of drug-likeness (QED) is 0.476. The number of aliphatic imine (C=N–C) groups is 1. The summed E-state index contributed by atoms with van der Waals surface area (Å²) >= 11 is 3.59. The van der Waals surface area contributed by atoms with Crippen LogP contribution >= 0.6 is 15.9 Å². The van der Waals surface area contributed by atoms with Gasteiger partial charge in [0.15, 0.2) is 0 Å². The van der Waals surface area contributed by atoms with E-state index < -0.39 is 0 Å². The first-order valence-corrected chi connectivity index (χ1v) is 9.85. The minimum Gasteiger partial charge on any atom is -0.266 e. The predicted octanol–water partition coefficient (Wildman–Crippen LogP) is 5.90. The number of carbonyl (C=O) groups excluding carboxylic acids is 1. The Morgan fingerprint density at radius 2 is 1.46 bits per heavy atom. The zero-order valence-corrected chi connectivity index (χ0v) is 17.3. The molecular weight excluding hydrogens is 412 g/mol. The van der Waals surface area contributed by atoms with Gasteiger partial charge in [0.25, 0.3) is 5.91 Å². The van der Waals surface area contributed by atoms with Crippen LogP contribution < -0.4 is 4.90 Å². The third kappa shape index (κ3) is 3.56. The van der Waals surface area contributed by atoms with Crippen LogP contribution in [0.3, 0.4) is 0 Å². The Morgan fingerprint density at radius 1 is 0.857 bits per heavy atom. The van der Waals surface area contributed by atoms with Crippen LogP contribution in [0.4, 0.5) is 5.69 Å². The minimum atomic E-state index is -0.129. The number of hydrogen-bond donors (Lipinski definition) is 0. The van der Waals surface area contributed by atoms with E-state index >= 15 is 0 Å². The van der Waals surface area contributed by atoms with Crippen LogP contribution in [-0.4, -0.2) is 11.7 Å². The average molecular weight is 431 g/mol. The number of hydrogen-bond acceptors (Lipinski definition) is 2. The average Bonchev–Trinajstić information content (AvgIpc) is 3.01. The fourth-order valence-corrected chi connectivity index (χ4v) is 3.56. The molecule has 0 aromatic heterocycles. The van der Waals surface area contributed by atoms with E-state index in [-0.39, 0.29) is 5.91 Å². The first-order valence-electron chi connectivity index (χ1n) is 9.06. The first kappa shape index (κ1) is 18.4. The highest BCUT2D eigenvalue weighted by molar-refractivity contribution is 9.10. The zero-order chi connectivity index (χ0) is 19.7. The first-order chi connectivity index (χ1) is 13.5. The Morgan fingerprint density at radius 3 is 2.11 bits per heavy atom. The Hall–Kier alpha value is -2.98. The summed E-state index contributed by atoms with van der Waals surface area (Å²) in [5.41, 5.74) is 5.38. The topological polar surface area (TPSA) is 32.7 Å². The number of benzene rings is 3.